The van der Waals surface area contributed by atoms with E-state index < -0.39 is 11.5 Å². The Balaban J connectivity index is 2.41. The maximum Gasteiger partial charge on any atom is 0.329 e. The first kappa shape index (κ1) is 17.0. The molecule has 5 nitrogen and oxygen atoms in total. The number of hydrogen-bond donors (Lipinski definition) is 1. The summed E-state index contributed by atoms with van der Waals surface area (Å²) < 4.78 is 5.62. The molecule has 0 aromatic carbocycles. The number of nitrogens with zero attached hydrogens (tertiary/aromatic N) is 1. The van der Waals surface area contributed by atoms with Crippen LogP contribution in [0.5, 0.6) is 0 Å². The van der Waals surface area contributed by atoms with E-state index in [1.807, 2.05) is 6.92 Å². The minimum absolute atomic E-state index is 0.121. The Morgan fingerprint density at radius 2 is 2.00 bits per heavy atom. The van der Waals surface area contributed by atoms with Crippen molar-refractivity contribution < 1.29 is 19.4 Å². The number of carboxylic acid groups (broad SMARTS) is 1. The van der Waals surface area contributed by atoms with Gasteiger partial charge in [-0.3, -0.25) is 4.79 Å². The largest absolute Gasteiger partial charge is 0.480 e. The minimum atomic E-state index is -1.04. The quantitative estimate of drug-likeness (QED) is 0.779. The maximum absolute atomic E-state index is 12.2. The molecule has 0 saturated carbocycles. The molecule has 1 fully saturated rings. The third-order valence-electron chi connectivity index (χ3n) is 3.92. The Hall–Kier alpha value is -1.10. The molecule has 0 radical (unpaired) electrons. The zero-order valence-corrected chi connectivity index (χ0v) is 13.0. The third-order valence-corrected chi connectivity index (χ3v) is 3.92. The molecule has 2 unspecified atom stereocenters. The van der Waals surface area contributed by atoms with Gasteiger partial charge < -0.3 is 14.7 Å². The number of hydrogen-bond acceptors (Lipinski definition) is 3. The van der Waals surface area contributed by atoms with Gasteiger partial charge in [0, 0.05) is 6.54 Å². The normalized spacial score (nSPS) is 24.1. The first-order chi connectivity index (χ1) is 9.27. The van der Waals surface area contributed by atoms with Gasteiger partial charge in [-0.15, -0.1) is 0 Å². The molecule has 0 aromatic rings. The topological polar surface area (TPSA) is 66.8 Å². The standard InChI is InChI=1S/C15H27NO4/c1-11(2)10-12(3)20-9-6-13(17)16-8-5-7-15(16,4)14(18)19/h11-12H,5-10H2,1-4H3,(H,18,19). The molecule has 1 N–H and O–H groups in total. The average molecular weight is 285 g/mol. The van der Waals surface area contributed by atoms with E-state index in [9.17, 15) is 14.7 Å². The summed E-state index contributed by atoms with van der Waals surface area (Å²) >= 11 is 0. The summed E-state index contributed by atoms with van der Waals surface area (Å²) in [6.45, 7) is 8.79. The summed E-state index contributed by atoms with van der Waals surface area (Å²) in [7, 11) is 0. The molecule has 0 aromatic heterocycles. The van der Waals surface area contributed by atoms with Crippen molar-refractivity contribution in [3.8, 4) is 0 Å². The fourth-order valence-corrected chi connectivity index (χ4v) is 2.80. The molecule has 1 amide bonds. The zero-order valence-electron chi connectivity index (χ0n) is 13.0. The summed E-state index contributed by atoms with van der Waals surface area (Å²) in [6.07, 6.45) is 2.63. The van der Waals surface area contributed by atoms with Crippen LogP contribution < -0.4 is 0 Å². The molecular formula is C15H27NO4. The summed E-state index contributed by atoms with van der Waals surface area (Å²) in [5.74, 6) is -0.476. The number of ether oxygens (including phenoxy) is 1. The van der Waals surface area contributed by atoms with Crippen molar-refractivity contribution in [3.05, 3.63) is 0 Å². The van der Waals surface area contributed by atoms with Crippen LogP contribution in [0.15, 0.2) is 0 Å². The molecule has 0 aliphatic carbocycles. The van der Waals surface area contributed by atoms with Gasteiger partial charge in [-0.1, -0.05) is 13.8 Å². The Morgan fingerprint density at radius 1 is 1.35 bits per heavy atom. The lowest BCUT2D eigenvalue weighted by atomic mass is 9.99. The lowest BCUT2D eigenvalue weighted by Crippen LogP contribution is -2.51. The predicted octanol–water partition coefficient (Wildman–Crippen LogP) is 2.29. The van der Waals surface area contributed by atoms with Crippen LogP contribution in [0.4, 0.5) is 0 Å². The van der Waals surface area contributed by atoms with Crippen LogP contribution in [-0.2, 0) is 14.3 Å². The Morgan fingerprint density at radius 3 is 2.55 bits per heavy atom. The highest BCUT2D eigenvalue weighted by Crippen LogP contribution is 2.29. The average Bonchev–Trinajstić information content (AvgIpc) is 2.71. The van der Waals surface area contributed by atoms with Crippen molar-refractivity contribution in [1.82, 2.24) is 4.90 Å². The molecule has 1 aliphatic heterocycles. The second-order valence-electron chi connectivity index (χ2n) is 6.29. The van der Waals surface area contributed by atoms with E-state index in [4.69, 9.17) is 4.74 Å². The number of likely N-dealkylation sites (tertiary alicyclic amines) is 1. The number of rotatable bonds is 7. The highest BCUT2D eigenvalue weighted by atomic mass is 16.5. The fraction of sp³-hybridized carbons (Fsp3) is 0.867. The predicted molar refractivity (Wildman–Crippen MR) is 76.5 cm³/mol. The van der Waals surface area contributed by atoms with Crippen LogP contribution in [-0.4, -0.2) is 46.7 Å². The van der Waals surface area contributed by atoms with Crippen molar-refractivity contribution in [2.24, 2.45) is 5.92 Å². The molecule has 5 heteroatoms. The van der Waals surface area contributed by atoms with Crippen LogP contribution in [0.1, 0.15) is 53.4 Å². The van der Waals surface area contributed by atoms with Gasteiger partial charge in [0.15, 0.2) is 0 Å². The van der Waals surface area contributed by atoms with E-state index >= 15 is 0 Å². The molecule has 20 heavy (non-hydrogen) atoms. The summed E-state index contributed by atoms with van der Waals surface area (Å²) in [5.41, 5.74) is -1.04. The van der Waals surface area contributed by atoms with Gasteiger partial charge in [0.05, 0.1) is 19.1 Å². The van der Waals surface area contributed by atoms with E-state index in [1.54, 1.807) is 6.92 Å². The number of aliphatic carboxylic acids is 1. The smallest absolute Gasteiger partial charge is 0.329 e. The van der Waals surface area contributed by atoms with Crippen LogP contribution in [0.2, 0.25) is 0 Å². The number of amides is 1. The molecule has 0 spiro atoms. The van der Waals surface area contributed by atoms with Gasteiger partial charge in [0.1, 0.15) is 5.54 Å². The van der Waals surface area contributed by atoms with Crippen molar-refractivity contribution in [2.75, 3.05) is 13.2 Å². The first-order valence-corrected chi connectivity index (χ1v) is 7.43. The van der Waals surface area contributed by atoms with Crippen LogP contribution >= 0.6 is 0 Å². The molecule has 1 aliphatic rings. The van der Waals surface area contributed by atoms with E-state index in [0.717, 1.165) is 12.8 Å². The molecule has 2 atom stereocenters. The summed E-state index contributed by atoms with van der Waals surface area (Å²) in [6, 6.07) is 0. The zero-order chi connectivity index (χ0) is 15.3. The Labute approximate surface area is 121 Å². The van der Waals surface area contributed by atoms with Crippen molar-refractivity contribution in [1.29, 1.82) is 0 Å². The number of carboxylic acids is 1. The highest BCUT2D eigenvalue weighted by molar-refractivity contribution is 5.87. The van der Waals surface area contributed by atoms with Crippen molar-refractivity contribution >= 4 is 11.9 Å². The lowest BCUT2D eigenvalue weighted by Gasteiger charge is -2.31. The first-order valence-electron chi connectivity index (χ1n) is 7.43. The van der Waals surface area contributed by atoms with Gasteiger partial charge in [-0.05, 0) is 39.0 Å². The van der Waals surface area contributed by atoms with Gasteiger partial charge >= 0.3 is 5.97 Å². The van der Waals surface area contributed by atoms with E-state index in [1.165, 1.54) is 4.90 Å². The maximum atomic E-state index is 12.2. The monoisotopic (exact) mass is 285 g/mol. The molecule has 1 heterocycles. The van der Waals surface area contributed by atoms with Gasteiger partial charge in [0.2, 0.25) is 5.91 Å². The Bertz CT molecular complexity index is 356. The minimum Gasteiger partial charge on any atom is -0.480 e. The van der Waals surface area contributed by atoms with Crippen molar-refractivity contribution in [3.63, 3.8) is 0 Å². The summed E-state index contributed by atoms with van der Waals surface area (Å²) in [5, 5.41) is 9.28. The fourth-order valence-electron chi connectivity index (χ4n) is 2.80. The van der Waals surface area contributed by atoms with Gasteiger partial charge in [0.25, 0.3) is 0 Å². The van der Waals surface area contributed by atoms with E-state index in [2.05, 4.69) is 13.8 Å². The second-order valence-corrected chi connectivity index (χ2v) is 6.29. The molecule has 0 bridgehead atoms. The van der Waals surface area contributed by atoms with Gasteiger partial charge in [-0.25, -0.2) is 4.79 Å². The third kappa shape index (κ3) is 4.20. The van der Waals surface area contributed by atoms with Crippen LogP contribution in [0.3, 0.4) is 0 Å². The second kappa shape index (κ2) is 7.07. The molecular weight excluding hydrogens is 258 g/mol. The lowest BCUT2D eigenvalue weighted by molar-refractivity contribution is -0.155. The molecule has 1 saturated heterocycles. The Kier molecular flexibility index (Phi) is 5.99. The van der Waals surface area contributed by atoms with Crippen LogP contribution in [0.25, 0.3) is 0 Å². The highest BCUT2D eigenvalue weighted by Gasteiger charge is 2.45. The number of carbonyl (C=O) groups is 2. The van der Waals surface area contributed by atoms with E-state index in [-0.39, 0.29) is 18.4 Å². The number of carbonyl (C=O) groups excluding carboxylic acids is 1. The van der Waals surface area contributed by atoms with Gasteiger partial charge in [-0.2, -0.15) is 0 Å². The van der Waals surface area contributed by atoms with Crippen LogP contribution in [0, 0.1) is 5.92 Å². The van der Waals surface area contributed by atoms with Crippen molar-refractivity contribution in [2.45, 2.75) is 65.0 Å². The summed E-state index contributed by atoms with van der Waals surface area (Å²) in [4.78, 5) is 25.0. The SMILES string of the molecule is CC(C)CC(C)OCCC(=O)N1CCCC1(C)C(=O)O. The molecule has 1 rings (SSSR count). The molecule has 116 valence electrons. The van der Waals surface area contributed by atoms with E-state index in [0.29, 0.717) is 25.5 Å².